The number of amides is 2. The predicted molar refractivity (Wildman–Crippen MR) is 91.5 cm³/mol. The minimum absolute atomic E-state index is 0.0765. The third-order valence-corrected chi connectivity index (χ3v) is 5.26. The number of benzene rings is 1. The van der Waals surface area contributed by atoms with Gasteiger partial charge in [0.25, 0.3) is 0 Å². The molecule has 1 saturated carbocycles. The van der Waals surface area contributed by atoms with Gasteiger partial charge in [-0.25, -0.2) is 4.39 Å². The molecule has 1 aromatic rings. The van der Waals surface area contributed by atoms with Gasteiger partial charge < -0.3 is 14.9 Å². The van der Waals surface area contributed by atoms with Crippen molar-refractivity contribution in [3.63, 3.8) is 0 Å². The Hall–Kier alpha value is -2.44. The van der Waals surface area contributed by atoms with Gasteiger partial charge >= 0.3 is 5.97 Å². The molecule has 2 amide bonds. The molecule has 1 aliphatic carbocycles. The normalized spacial score (nSPS) is 21.3. The highest BCUT2D eigenvalue weighted by atomic mass is 19.1. The van der Waals surface area contributed by atoms with Crippen LogP contribution >= 0.6 is 0 Å². The number of hydrogen-bond acceptors (Lipinski definition) is 3. The Morgan fingerprint density at radius 1 is 1.15 bits per heavy atom. The lowest BCUT2D eigenvalue weighted by Gasteiger charge is -2.41. The van der Waals surface area contributed by atoms with E-state index in [0.717, 1.165) is 25.7 Å². The highest BCUT2D eigenvalue weighted by molar-refractivity contribution is 5.92. The smallest absolute Gasteiger partial charge is 0.305 e. The van der Waals surface area contributed by atoms with Crippen molar-refractivity contribution in [2.45, 2.75) is 44.7 Å². The molecule has 6 nitrogen and oxygen atoms in total. The van der Waals surface area contributed by atoms with Crippen LogP contribution in [0.4, 0.5) is 4.39 Å². The van der Waals surface area contributed by atoms with Crippen LogP contribution in [0.1, 0.15) is 37.7 Å². The van der Waals surface area contributed by atoms with E-state index in [1.165, 1.54) is 15.9 Å². The summed E-state index contributed by atoms with van der Waals surface area (Å²) in [5, 5.41) is 9.20. The van der Waals surface area contributed by atoms with Crippen molar-refractivity contribution in [1.29, 1.82) is 0 Å². The van der Waals surface area contributed by atoms with Crippen LogP contribution in [0, 0.1) is 11.7 Å². The summed E-state index contributed by atoms with van der Waals surface area (Å²) in [4.78, 5) is 39.7. The average Bonchev–Trinajstić information content (AvgIpc) is 3.14. The van der Waals surface area contributed by atoms with Gasteiger partial charge in [0, 0.05) is 31.1 Å². The first-order chi connectivity index (χ1) is 12.5. The fraction of sp³-hybridized carbons (Fsp3) is 0.526. The van der Waals surface area contributed by atoms with Crippen LogP contribution < -0.4 is 0 Å². The van der Waals surface area contributed by atoms with Gasteiger partial charge in [-0.2, -0.15) is 0 Å². The number of hydrogen-bond donors (Lipinski definition) is 1. The maximum atomic E-state index is 13.9. The molecule has 0 spiro atoms. The molecule has 2 fully saturated rings. The molecule has 26 heavy (non-hydrogen) atoms. The highest BCUT2D eigenvalue weighted by Gasteiger charge is 2.41. The first-order valence-corrected chi connectivity index (χ1v) is 9.02. The van der Waals surface area contributed by atoms with Crippen molar-refractivity contribution in [2.75, 3.05) is 13.1 Å². The molecule has 1 N–H and O–H groups in total. The maximum absolute atomic E-state index is 13.9. The second-order valence-electron chi connectivity index (χ2n) is 6.98. The van der Waals surface area contributed by atoms with Crippen molar-refractivity contribution in [1.82, 2.24) is 9.80 Å². The SMILES string of the molecule is O=C(O)CC1C(=O)N(Cc2ccccc2F)CCN1C(=O)C1CCCC1. The van der Waals surface area contributed by atoms with E-state index in [1.807, 2.05) is 0 Å². The van der Waals surface area contributed by atoms with Crippen molar-refractivity contribution in [2.24, 2.45) is 5.92 Å². The number of rotatable bonds is 5. The summed E-state index contributed by atoms with van der Waals surface area (Å²) >= 11 is 0. The Kier molecular flexibility index (Phi) is 5.54. The Balaban J connectivity index is 1.77. The van der Waals surface area contributed by atoms with Crippen LogP contribution in [-0.4, -0.2) is 51.8 Å². The summed E-state index contributed by atoms with van der Waals surface area (Å²) in [6.45, 7) is 0.641. The highest BCUT2D eigenvalue weighted by Crippen LogP contribution is 2.29. The molecule has 140 valence electrons. The number of carboxylic acid groups (broad SMARTS) is 1. The second kappa shape index (κ2) is 7.85. The van der Waals surface area contributed by atoms with Gasteiger partial charge in [-0.1, -0.05) is 31.0 Å². The largest absolute Gasteiger partial charge is 0.481 e. The monoisotopic (exact) mass is 362 g/mol. The molecule has 0 bridgehead atoms. The van der Waals surface area contributed by atoms with Gasteiger partial charge in [0.05, 0.1) is 6.42 Å². The number of halogens is 1. The van der Waals surface area contributed by atoms with Gasteiger partial charge in [0.1, 0.15) is 11.9 Å². The molecule has 1 aromatic carbocycles. The van der Waals surface area contributed by atoms with Crippen molar-refractivity contribution >= 4 is 17.8 Å². The summed E-state index contributed by atoms with van der Waals surface area (Å²) in [5.41, 5.74) is 0.380. The molecular formula is C19H23FN2O4. The lowest BCUT2D eigenvalue weighted by Crippen LogP contribution is -2.59. The third-order valence-electron chi connectivity index (χ3n) is 5.26. The van der Waals surface area contributed by atoms with Crippen LogP contribution in [0.3, 0.4) is 0 Å². The van der Waals surface area contributed by atoms with E-state index < -0.39 is 30.2 Å². The van der Waals surface area contributed by atoms with E-state index in [4.69, 9.17) is 0 Å². The lowest BCUT2D eigenvalue weighted by atomic mass is 10.0. The first kappa shape index (κ1) is 18.4. The van der Waals surface area contributed by atoms with E-state index >= 15 is 0 Å². The first-order valence-electron chi connectivity index (χ1n) is 9.02. The summed E-state index contributed by atoms with van der Waals surface area (Å²) in [6, 6.07) is 5.18. The molecule has 3 rings (SSSR count). The van der Waals surface area contributed by atoms with Crippen molar-refractivity contribution in [3.8, 4) is 0 Å². The van der Waals surface area contributed by atoms with E-state index in [-0.39, 0.29) is 31.5 Å². The molecule has 7 heteroatoms. The molecule has 1 unspecified atom stereocenters. The quantitative estimate of drug-likeness (QED) is 0.869. The summed E-state index contributed by atoms with van der Waals surface area (Å²) in [7, 11) is 0. The van der Waals surface area contributed by atoms with E-state index in [9.17, 15) is 23.9 Å². The Morgan fingerprint density at radius 3 is 2.50 bits per heavy atom. The molecule has 1 aliphatic heterocycles. The second-order valence-corrected chi connectivity index (χ2v) is 6.98. The number of aliphatic carboxylic acids is 1. The van der Waals surface area contributed by atoms with Crippen molar-refractivity contribution < 1.29 is 23.9 Å². The van der Waals surface area contributed by atoms with Gasteiger partial charge in [0.15, 0.2) is 0 Å². The molecule has 1 heterocycles. The molecule has 1 atom stereocenters. The molecule has 0 radical (unpaired) electrons. The summed E-state index contributed by atoms with van der Waals surface area (Å²) < 4.78 is 13.9. The maximum Gasteiger partial charge on any atom is 0.305 e. The number of carbonyl (C=O) groups is 3. The number of carbonyl (C=O) groups excluding carboxylic acids is 2. The zero-order valence-corrected chi connectivity index (χ0v) is 14.6. The summed E-state index contributed by atoms with van der Waals surface area (Å²) in [6.07, 6.45) is 3.14. The van der Waals surface area contributed by atoms with E-state index in [2.05, 4.69) is 0 Å². The molecule has 2 aliphatic rings. The molecule has 0 aromatic heterocycles. The fourth-order valence-electron chi connectivity index (χ4n) is 3.86. The fourth-order valence-corrected chi connectivity index (χ4v) is 3.86. The van der Waals surface area contributed by atoms with Crippen LogP contribution in [0.2, 0.25) is 0 Å². The third kappa shape index (κ3) is 3.86. The Labute approximate surface area is 151 Å². The minimum Gasteiger partial charge on any atom is -0.481 e. The van der Waals surface area contributed by atoms with Crippen LogP contribution in [0.25, 0.3) is 0 Å². The van der Waals surface area contributed by atoms with Gasteiger partial charge in [-0.05, 0) is 18.9 Å². The zero-order valence-electron chi connectivity index (χ0n) is 14.6. The standard InChI is InChI=1S/C19H23FN2O4/c20-15-8-4-3-7-14(15)12-21-9-10-22(16(19(21)26)11-17(23)24)18(25)13-5-1-2-6-13/h3-4,7-8,13,16H,1-2,5-6,9-12H2,(H,23,24). The zero-order chi connectivity index (χ0) is 18.7. The minimum atomic E-state index is -1.12. The van der Waals surface area contributed by atoms with Gasteiger partial charge in [-0.15, -0.1) is 0 Å². The van der Waals surface area contributed by atoms with Crippen LogP contribution in [0.5, 0.6) is 0 Å². The molecule has 1 saturated heterocycles. The van der Waals surface area contributed by atoms with Crippen LogP contribution in [-0.2, 0) is 20.9 Å². The van der Waals surface area contributed by atoms with Gasteiger partial charge in [0.2, 0.25) is 11.8 Å². The van der Waals surface area contributed by atoms with Crippen molar-refractivity contribution in [3.05, 3.63) is 35.6 Å². The number of piperazine rings is 1. The number of carboxylic acids is 1. The molecular weight excluding hydrogens is 339 g/mol. The average molecular weight is 362 g/mol. The predicted octanol–water partition coefficient (Wildman–Crippen LogP) is 2.03. The van der Waals surface area contributed by atoms with E-state index in [0.29, 0.717) is 5.56 Å². The van der Waals surface area contributed by atoms with Gasteiger partial charge in [-0.3, -0.25) is 14.4 Å². The van der Waals surface area contributed by atoms with Crippen LogP contribution in [0.15, 0.2) is 24.3 Å². The Bertz CT molecular complexity index is 703. The topological polar surface area (TPSA) is 77.9 Å². The Morgan fingerprint density at radius 2 is 1.85 bits per heavy atom. The number of nitrogens with zero attached hydrogens (tertiary/aromatic N) is 2. The summed E-state index contributed by atoms with van der Waals surface area (Å²) in [5.74, 6) is -2.18. The van der Waals surface area contributed by atoms with E-state index in [1.54, 1.807) is 18.2 Å². The lowest BCUT2D eigenvalue weighted by molar-refractivity contribution is -0.157.